The van der Waals surface area contributed by atoms with Crippen molar-refractivity contribution in [3.8, 4) is 16.9 Å². The molecule has 34 heavy (non-hydrogen) atoms. The number of esters is 1. The van der Waals surface area contributed by atoms with E-state index in [1.54, 1.807) is 18.2 Å². The predicted molar refractivity (Wildman–Crippen MR) is 125 cm³/mol. The lowest BCUT2D eigenvalue weighted by Crippen LogP contribution is -2.26. The molecule has 5 aromatic rings. The summed E-state index contributed by atoms with van der Waals surface area (Å²) in [5.41, 5.74) is 1.13. The van der Waals surface area contributed by atoms with Crippen LogP contribution in [0.1, 0.15) is 23.5 Å². The van der Waals surface area contributed by atoms with E-state index in [9.17, 15) is 18.8 Å². The number of para-hydroxylation sites is 1. The predicted octanol–water partition coefficient (Wildman–Crippen LogP) is 4.88. The molecule has 1 aliphatic rings. The number of fused-ring (bicyclic) bond motifs is 4. The lowest BCUT2D eigenvalue weighted by Gasteiger charge is -2.25. The Morgan fingerprint density at radius 2 is 1.71 bits per heavy atom. The topological polar surface area (TPSA) is 89.4 Å². The number of halogens is 1. The number of carbonyl (C=O) groups excluding carboxylic acids is 1. The van der Waals surface area contributed by atoms with Crippen molar-refractivity contribution in [3.05, 3.63) is 111 Å². The van der Waals surface area contributed by atoms with Crippen LogP contribution in [0.4, 0.5) is 4.39 Å². The lowest BCUT2D eigenvalue weighted by atomic mass is 9.85. The van der Waals surface area contributed by atoms with Crippen molar-refractivity contribution in [1.82, 2.24) is 4.98 Å². The molecule has 6 nitrogen and oxygen atoms in total. The van der Waals surface area contributed by atoms with Crippen LogP contribution in [0.15, 0.2) is 87.0 Å². The molecule has 0 spiro atoms. The third kappa shape index (κ3) is 3.05. The zero-order chi connectivity index (χ0) is 23.4. The van der Waals surface area contributed by atoms with Gasteiger partial charge in [0.05, 0.1) is 17.4 Å². The average molecular weight is 453 g/mol. The molecule has 0 amide bonds. The summed E-state index contributed by atoms with van der Waals surface area (Å²) < 4.78 is 25.6. The summed E-state index contributed by atoms with van der Waals surface area (Å²) in [7, 11) is 0. The SMILES string of the molecule is O=C1C[C@@H](c2cc3ccccc3[nH]c2=O)c2c(ccc3c(=O)c(-c4ccccc4F)coc23)O1. The molecule has 3 heterocycles. The summed E-state index contributed by atoms with van der Waals surface area (Å²) in [6, 6.07) is 18.0. The molecule has 1 N–H and O–H groups in total. The van der Waals surface area contributed by atoms with Crippen LogP contribution in [0.2, 0.25) is 0 Å². The minimum atomic E-state index is -0.684. The molecule has 1 atom stereocenters. The third-order valence-corrected chi connectivity index (χ3v) is 6.20. The Balaban J connectivity index is 1.61. The summed E-state index contributed by atoms with van der Waals surface area (Å²) >= 11 is 0. The van der Waals surface area contributed by atoms with Gasteiger partial charge in [0.2, 0.25) is 5.43 Å². The zero-order valence-electron chi connectivity index (χ0n) is 17.6. The van der Waals surface area contributed by atoms with Gasteiger partial charge in [-0.25, -0.2) is 4.39 Å². The molecule has 7 heteroatoms. The second-order valence-corrected chi connectivity index (χ2v) is 8.18. The van der Waals surface area contributed by atoms with Crippen molar-refractivity contribution in [2.75, 3.05) is 0 Å². The zero-order valence-corrected chi connectivity index (χ0v) is 17.6. The molecule has 0 aliphatic carbocycles. The first-order valence-corrected chi connectivity index (χ1v) is 10.7. The van der Waals surface area contributed by atoms with Gasteiger partial charge in [0.15, 0.2) is 0 Å². The maximum absolute atomic E-state index is 14.4. The molecule has 0 radical (unpaired) electrons. The van der Waals surface area contributed by atoms with Gasteiger partial charge in [-0.15, -0.1) is 0 Å². The van der Waals surface area contributed by atoms with E-state index in [1.807, 2.05) is 18.2 Å². The highest BCUT2D eigenvalue weighted by Crippen LogP contribution is 2.42. The van der Waals surface area contributed by atoms with Crippen molar-refractivity contribution >= 4 is 27.8 Å². The fourth-order valence-corrected chi connectivity index (χ4v) is 4.61. The summed E-state index contributed by atoms with van der Waals surface area (Å²) in [4.78, 5) is 41.6. The van der Waals surface area contributed by atoms with Crippen molar-refractivity contribution < 1.29 is 18.3 Å². The molecule has 0 unspecified atom stereocenters. The van der Waals surface area contributed by atoms with Crippen LogP contribution in [-0.4, -0.2) is 11.0 Å². The van der Waals surface area contributed by atoms with Crippen molar-refractivity contribution in [2.45, 2.75) is 12.3 Å². The largest absolute Gasteiger partial charge is 0.463 e. The highest BCUT2D eigenvalue weighted by molar-refractivity contribution is 5.90. The molecule has 0 saturated heterocycles. The first-order valence-electron chi connectivity index (χ1n) is 10.7. The minimum Gasteiger partial charge on any atom is -0.463 e. The van der Waals surface area contributed by atoms with E-state index >= 15 is 0 Å². The van der Waals surface area contributed by atoms with E-state index in [0.29, 0.717) is 16.6 Å². The normalized spacial score (nSPS) is 15.3. The van der Waals surface area contributed by atoms with Gasteiger partial charge in [0.25, 0.3) is 5.56 Å². The molecule has 0 bridgehead atoms. The van der Waals surface area contributed by atoms with Crippen LogP contribution in [0.3, 0.4) is 0 Å². The van der Waals surface area contributed by atoms with Crippen LogP contribution in [0.5, 0.6) is 5.75 Å². The van der Waals surface area contributed by atoms with Crippen LogP contribution in [-0.2, 0) is 4.79 Å². The number of nitrogens with one attached hydrogen (secondary N) is 1. The summed E-state index contributed by atoms with van der Waals surface area (Å²) in [6.45, 7) is 0. The van der Waals surface area contributed by atoms with Gasteiger partial charge in [-0.3, -0.25) is 14.4 Å². The summed E-state index contributed by atoms with van der Waals surface area (Å²) in [6.07, 6.45) is 1.12. The number of H-pyrrole nitrogens is 1. The molecule has 0 saturated carbocycles. The number of aromatic amines is 1. The average Bonchev–Trinajstić information content (AvgIpc) is 2.83. The van der Waals surface area contributed by atoms with E-state index in [4.69, 9.17) is 9.15 Å². The summed E-state index contributed by atoms with van der Waals surface area (Å²) in [5.74, 6) is -1.49. The number of rotatable bonds is 2. The number of hydrogen-bond donors (Lipinski definition) is 1. The van der Waals surface area contributed by atoms with Gasteiger partial charge in [-0.2, -0.15) is 0 Å². The highest BCUT2D eigenvalue weighted by Gasteiger charge is 2.34. The quantitative estimate of drug-likeness (QED) is 0.304. The van der Waals surface area contributed by atoms with E-state index < -0.39 is 23.1 Å². The molecular weight excluding hydrogens is 437 g/mol. The third-order valence-electron chi connectivity index (χ3n) is 6.20. The maximum atomic E-state index is 14.4. The van der Waals surface area contributed by atoms with E-state index in [2.05, 4.69) is 4.98 Å². The molecule has 2 aromatic heterocycles. The smallest absolute Gasteiger partial charge is 0.312 e. The van der Waals surface area contributed by atoms with E-state index in [1.165, 1.54) is 36.6 Å². The van der Waals surface area contributed by atoms with Gasteiger partial charge in [0, 0.05) is 28.1 Å². The van der Waals surface area contributed by atoms with E-state index in [0.717, 1.165) is 5.39 Å². The van der Waals surface area contributed by atoms with E-state index in [-0.39, 0.29) is 39.8 Å². The second kappa shape index (κ2) is 7.52. The first-order chi connectivity index (χ1) is 16.5. The minimum absolute atomic E-state index is 0.0819. The van der Waals surface area contributed by atoms with Crippen LogP contribution in [0.25, 0.3) is 33.0 Å². The standard InChI is InChI=1S/C27H16FNO5/c28-20-7-3-2-6-15(20)19-13-33-26-16(25(19)31)9-10-22-24(26)17(12-23(30)34-22)18-11-14-5-1-4-8-21(14)29-27(18)32/h1-11,13,17H,12H2,(H,29,32)/t17-/m0/s1. The molecular formula is C27H16FNO5. The molecule has 166 valence electrons. The number of ether oxygens (including phenoxy) is 1. The Hall–Kier alpha value is -4.52. The molecule has 0 fully saturated rings. The molecule has 6 rings (SSSR count). The maximum Gasteiger partial charge on any atom is 0.312 e. The van der Waals surface area contributed by atoms with Gasteiger partial charge >= 0.3 is 5.97 Å². The monoisotopic (exact) mass is 453 g/mol. The molecule has 1 aliphatic heterocycles. The van der Waals surface area contributed by atoms with Gasteiger partial charge in [-0.05, 0) is 35.7 Å². The van der Waals surface area contributed by atoms with Crippen molar-refractivity contribution in [2.24, 2.45) is 0 Å². The summed E-state index contributed by atoms with van der Waals surface area (Å²) in [5, 5.41) is 1.01. The van der Waals surface area contributed by atoms with Gasteiger partial charge in [0.1, 0.15) is 23.4 Å². The van der Waals surface area contributed by atoms with Crippen LogP contribution >= 0.6 is 0 Å². The number of hydrogen-bond acceptors (Lipinski definition) is 5. The highest BCUT2D eigenvalue weighted by atomic mass is 19.1. The number of pyridine rings is 1. The Morgan fingerprint density at radius 3 is 2.56 bits per heavy atom. The van der Waals surface area contributed by atoms with Crippen LogP contribution in [0, 0.1) is 5.82 Å². The second-order valence-electron chi connectivity index (χ2n) is 8.18. The number of benzene rings is 3. The number of carbonyl (C=O) groups is 1. The van der Waals surface area contributed by atoms with Crippen molar-refractivity contribution in [3.63, 3.8) is 0 Å². The fraction of sp³-hybridized carbons (Fsp3) is 0.0741. The Kier molecular flexibility index (Phi) is 4.45. The lowest BCUT2D eigenvalue weighted by molar-refractivity contribution is -0.135. The Bertz CT molecular complexity index is 1750. The first kappa shape index (κ1) is 20.1. The van der Waals surface area contributed by atoms with Gasteiger partial charge in [-0.1, -0.05) is 36.4 Å². The fourth-order valence-electron chi connectivity index (χ4n) is 4.61. The van der Waals surface area contributed by atoms with Crippen LogP contribution < -0.4 is 15.7 Å². The number of aromatic nitrogens is 1. The van der Waals surface area contributed by atoms with Crippen molar-refractivity contribution in [1.29, 1.82) is 0 Å². The Labute approximate surface area is 191 Å². The molecule has 3 aromatic carbocycles. The van der Waals surface area contributed by atoms with Gasteiger partial charge < -0.3 is 14.1 Å². The Morgan fingerprint density at radius 1 is 0.912 bits per heavy atom.